The van der Waals surface area contributed by atoms with E-state index in [1.54, 1.807) is 6.92 Å². The topological polar surface area (TPSA) is 93.8 Å². The average Bonchev–Trinajstić information content (AvgIpc) is 2.26. The second-order valence-corrected chi connectivity index (χ2v) is 3.32. The molecule has 1 rings (SSSR count). The molecule has 2 unspecified atom stereocenters. The normalized spacial score (nSPS) is 19.3. The molecule has 86 valence electrons. The van der Waals surface area contributed by atoms with E-state index >= 15 is 0 Å². The first-order valence-corrected chi connectivity index (χ1v) is 4.77. The van der Waals surface area contributed by atoms with E-state index in [-0.39, 0.29) is 18.2 Å². The van der Waals surface area contributed by atoms with E-state index in [4.69, 9.17) is 20.3 Å². The predicted octanol–water partition coefficient (Wildman–Crippen LogP) is -1.30. The van der Waals surface area contributed by atoms with Crippen molar-refractivity contribution in [2.45, 2.75) is 19.1 Å². The molecule has 0 aliphatic carbocycles. The second kappa shape index (κ2) is 5.57. The van der Waals surface area contributed by atoms with Gasteiger partial charge in [0.1, 0.15) is 19.5 Å². The molecule has 15 heavy (non-hydrogen) atoms. The highest BCUT2D eigenvalue weighted by atomic mass is 16.6. The molecule has 1 heterocycles. The third-order valence-corrected chi connectivity index (χ3v) is 1.99. The minimum absolute atomic E-state index is 0.138. The third-order valence-electron chi connectivity index (χ3n) is 1.99. The van der Waals surface area contributed by atoms with E-state index in [2.05, 4.69) is 5.32 Å². The molecule has 2 atom stereocenters. The van der Waals surface area contributed by atoms with Crippen LogP contribution in [0.1, 0.15) is 6.92 Å². The Kier molecular flexibility index (Phi) is 4.38. The second-order valence-electron chi connectivity index (χ2n) is 3.32. The van der Waals surface area contributed by atoms with Crippen LogP contribution in [0.5, 0.6) is 0 Å². The first-order valence-electron chi connectivity index (χ1n) is 4.77. The van der Waals surface area contributed by atoms with E-state index in [1.807, 2.05) is 0 Å². The van der Waals surface area contributed by atoms with Crippen LogP contribution in [0.4, 0.5) is 0 Å². The molecule has 0 saturated carbocycles. The van der Waals surface area contributed by atoms with Gasteiger partial charge in [-0.15, -0.1) is 0 Å². The highest BCUT2D eigenvalue weighted by Gasteiger charge is 2.16. The van der Waals surface area contributed by atoms with Crippen LogP contribution in [0.25, 0.3) is 0 Å². The number of ether oxygens (including phenoxy) is 2. The summed E-state index contributed by atoms with van der Waals surface area (Å²) in [5, 5.41) is 11.6. The average molecular weight is 216 g/mol. The van der Waals surface area contributed by atoms with E-state index in [9.17, 15) is 4.79 Å². The number of nitrogens with two attached hydrogens (primary N) is 1. The Morgan fingerprint density at radius 1 is 1.73 bits per heavy atom. The molecule has 1 aliphatic rings. The Bertz CT molecular complexity index is 252. The first kappa shape index (κ1) is 11.8. The van der Waals surface area contributed by atoms with Gasteiger partial charge in [0.2, 0.25) is 5.76 Å². The predicted molar refractivity (Wildman–Crippen MR) is 52.7 cm³/mol. The van der Waals surface area contributed by atoms with Crippen molar-refractivity contribution in [3.05, 3.63) is 12.0 Å². The van der Waals surface area contributed by atoms with Gasteiger partial charge in [0.15, 0.2) is 0 Å². The number of nitrogens with one attached hydrogen (secondary N) is 1. The van der Waals surface area contributed by atoms with Crippen molar-refractivity contribution in [1.82, 2.24) is 5.32 Å². The number of rotatable bonds is 4. The molecule has 6 nitrogen and oxygen atoms in total. The molecule has 6 heteroatoms. The molecule has 4 N–H and O–H groups in total. The summed E-state index contributed by atoms with van der Waals surface area (Å²) in [6, 6.07) is -0.487. The highest BCUT2D eigenvalue weighted by Crippen LogP contribution is 2.03. The number of hydrogen-bond acceptors (Lipinski definition) is 5. The third kappa shape index (κ3) is 3.77. The summed E-state index contributed by atoms with van der Waals surface area (Å²) in [7, 11) is 0. The van der Waals surface area contributed by atoms with Gasteiger partial charge < -0.3 is 25.6 Å². The molecule has 0 aromatic carbocycles. The SMILES string of the molecule is CC(O)C(N)CNC(=O)C1=COCCO1. The summed E-state index contributed by atoms with van der Waals surface area (Å²) in [5.74, 6) is -0.246. The summed E-state index contributed by atoms with van der Waals surface area (Å²) < 4.78 is 9.98. The summed E-state index contributed by atoms with van der Waals surface area (Å²) >= 11 is 0. The van der Waals surface area contributed by atoms with Gasteiger partial charge in [0.25, 0.3) is 5.91 Å². The van der Waals surface area contributed by atoms with Crippen LogP contribution in [0.15, 0.2) is 12.0 Å². The number of amides is 1. The van der Waals surface area contributed by atoms with Gasteiger partial charge in [-0.05, 0) is 6.92 Å². The highest BCUT2D eigenvalue weighted by molar-refractivity contribution is 5.91. The van der Waals surface area contributed by atoms with Crippen LogP contribution in [-0.2, 0) is 14.3 Å². The molecule has 0 aromatic heterocycles. The minimum atomic E-state index is -0.664. The standard InChI is InChI=1S/C9H16N2O4/c1-6(12)7(10)4-11-9(13)8-5-14-2-3-15-8/h5-7,12H,2-4,10H2,1H3,(H,11,13). The fourth-order valence-corrected chi connectivity index (χ4v) is 0.956. The van der Waals surface area contributed by atoms with Crippen molar-refractivity contribution in [2.24, 2.45) is 5.73 Å². The zero-order valence-electron chi connectivity index (χ0n) is 8.60. The first-order chi connectivity index (χ1) is 7.11. The Morgan fingerprint density at radius 3 is 3.00 bits per heavy atom. The maximum Gasteiger partial charge on any atom is 0.289 e. The van der Waals surface area contributed by atoms with Crippen molar-refractivity contribution >= 4 is 5.91 Å². The molecule has 0 radical (unpaired) electrons. The molecule has 1 amide bonds. The number of aliphatic hydroxyl groups excluding tert-OH is 1. The van der Waals surface area contributed by atoms with E-state index in [0.29, 0.717) is 13.2 Å². The van der Waals surface area contributed by atoms with Crippen molar-refractivity contribution in [3.63, 3.8) is 0 Å². The molecule has 0 saturated heterocycles. The number of carbonyl (C=O) groups excluding carboxylic acids is 1. The van der Waals surface area contributed by atoms with Crippen LogP contribution in [0, 0.1) is 0 Å². The van der Waals surface area contributed by atoms with Crippen molar-refractivity contribution < 1.29 is 19.4 Å². The molecule has 1 aliphatic heterocycles. The number of aliphatic hydroxyl groups is 1. The Morgan fingerprint density at radius 2 is 2.47 bits per heavy atom. The molecule has 0 aromatic rings. The lowest BCUT2D eigenvalue weighted by Gasteiger charge is -2.18. The molecular formula is C9H16N2O4. The van der Waals surface area contributed by atoms with Gasteiger partial charge in [-0.2, -0.15) is 0 Å². The van der Waals surface area contributed by atoms with E-state index in [0.717, 1.165) is 0 Å². The fraction of sp³-hybridized carbons (Fsp3) is 0.667. The monoisotopic (exact) mass is 216 g/mol. The van der Waals surface area contributed by atoms with Gasteiger partial charge in [-0.3, -0.25) is 4.79 Å². The Hall–Kier alpha value is -1.27. The van der Waals surface area contributed by atoms with Gasteiger partial charge in [-0.1, -0.05) is 0 Å². The lowest BCUT2D eigenvalue weighted by molar-refractivity contribution is -0.122. The van der Waals surface area contributed by atoms with Crippen LogP contribution in [0.2, 0.25) is 0 Å². The minimum Gasteiger partial charge on any atom is -0.494 e. The Balaban J connectivity index is 2.32. The van der Waals surface area contributed by atoms with Gasteiger partial charge in [0, 0.05) is 12.6 Å². The fourth-order valence-electron chi connectivity index (χ4n) is 0.956. The van der Waals surface area contributed by atoms with Crippen LogP contribution in [-0.4, -0.2) is 42.9 Å². The summed E-state index contributed by atoms with van der Waals surface area (Å²) in [6.07, 6.45) is 0.606. The van der Waals surface area contributed by atoms with Crippen LogP contribution in [0.3, 0.4) is 0 Å². The summed E-state index contributed by atoms with van der Waals surface area (Å²) in [6.45, 7) is 2.57. The zero-order valence-corrected chi connectivity index (χ0v) is 8.60. The Labute approximate surface area is 88.0 Å². The van der Waals surface area contributed by atoms with Crippen molar-refractivity contribution in [3.8, 4) is 0 Å². The summed E-state index contributed by atoms with van der Waals surface area (Å²) in [4.78, 5) is 11.4. The largest absolute Gasteiger partial charge is 0.494 e. The molecule has 0 spiro atoms. The van der Waals surface area contributed by atoms with Crippen LogP contribution >= 0.6 is 0 Å². The quantitative estimate of drug-likeness (QED) is 0.543. The molecule has 0 fully saturated rings. The van der Waals surface area contributed by atoms with Crippen LogP contribution < -0.4 is 11.1 Å². The number of hydrogen-bond donors (Lipinski definition) is 3. The van der Waals surface area contributed by atoms with Gasteiger partial charge in [0.05, 0.1) is 6.10 Å². The van der Waals surface area contributed by atoms with E-state index in [1.165, 1.54) is 6.26 Å². The van der Waals surface area contributed by atoms with E-state index < -0.39 is 12.1 Å². The van der Waals surface area contributed by atoms with Gasteiger partial charge >= 0.3 is 0 Å². The lowest BCUT2D eigenvalue weighted by atomic mass is 10.2. The lowest BCUT2D eigenvalue weighted by Crippen LogP contribution is -2.44. The zero-order chi connectivity index (χ0) is 11.3. The maximum atomic E-state index is 11.4. The molecular weight excluding hydrogens is 200 g/mol. The summed E-state index contributed by atoms with van der Waals surface area (Å²) in [5.41, 5.74) is 5.54. The number of carbonyl (C=O) groups is 1. The maximum absolute atomic E-state index is 11.4. The van der Waals surface area contributed by atoms with Crippen molar-refractivity contribution in [2.75, 3.05) is 19.8 Å². The molecule has 0 bridgehead atoms. The van der Waals surface area contributed by atoms with Crippen molar-refractivity contribution in [1.29, 1.82) is 0 Å². The van der Waals surface area contributed by atoms with Gasteiger partial charge in [-0.25, -0.2) is 0 Å². The smallest absolute Gasteiger partial charge is 0.289 e.